The normalized spacial score (nSPS) is 15.6. The maximum atomic E-state index is 11.8. The fourth-order valence-electron chi connectivity index (χ4n) is 0.949. The lowest BCUT2D eigenvalue weighted by molar-refractivity contribution is -0.157. The van der Waals surface area contributed by atoms with Gasteiger partial charge in [-0.25, -0.2) is 4.79 Å². The van der Waals surface area contributed by atoms with Crippen molar-refractivity contribution in [1.29, 1.82) is 0 Å². The minimum absolute atomic E-state index is 0.252. The van der Waals surface area contributed by atoms with Gasteiger partial charge in [0.2, 0.25) is 5.91 Å². The molecule has 0 aromatic heterocycles. The van der Waals surface area contributed by atoms with Gasteiger partial charge in [-0.1, -0.05) is 6.92 Å². The van der Waals surface area contributed by atoms with E-state index in [1.807, 2.05) is 0 Å². The van der Waals surface area contributed by atoms with Crippen LogP contribution in [-0.4, -0.2) is 40.5 Å². The molecule has 0 heterocycles. The smallest absolute Gasteiger partial charge is 0.329 e. The second-order valence-corrected chi connectivity index (χ2v) is 4.41. The van der Waals surface area contributed by atoms with Crippen LogP contribution in [0.1, 0.15) is 27.7 Å². The van der Waals surface area contributed by atoms with Gasteiger partial charge in [0.1, 0.15) is 5.54 Å². The highest BCUT2D eigenvalue weighted by Crippen LogP contribution is 2.16. The number of likely N-dealkylation sites (N-methyl/N-ethyl adjacent to an activating group) is 1. The van der Waals surface area contributed by atoms with Crippen molar-refractivity contribution >= 4 is 11.9 Å². The van der Waals surface area contributed by atoms with Gasteiger partial charge in [0.05, 0.1) is 5.92 Å². The number of carbonyl (C=O) groups excluding carboxylic acids is 1. The number of aliphatic carboxylic acids is 1. The molecule has 0 saturated heterocycles. The summed E-state index contributed by atoms with van der Waals surface area (Å²) in [5, 5.41) is 8.96. The van der Waals surface area contributed by atoms with E-state index in [9.17, 15) is 9.59 Å². The van der Waals surface area contributed by atoms with Gasteiger partial charge in [0.25, 0.3) is 0 Å². The lowest BCUT2D eigenvalue weighted by Gasteiger charge is -2.34. The molecule has 5 nitrogen and oxygen atoms in total. The topological polar surface area (TPSA) is 83.6 Å². The minimum atomic E-state index is -1.21. The molecule has 0 aliphatic carbocycles. The van der Waals surface area contributed by atoms with Crippen molar-refractivity contribution in [3.05, 3.63) is 0 Å². The van der Waals surface area contributed by atoms with Crippen LogP contribution in [-0.2, 0) is 9.59 Å². The summed E-state index contributed by atoms with van der Waals surface area (Å²) in [4.78, 5) is 24.0. The predicted octanol–water partition coefficient (Wildman–Crippen LogP) is 0.291. The standard InChI is InChI=1S/C10H20N2O3/c1-6(7(2)11)8(13)12(5)10(3,4)9(14)15/h6-7H,11H2,1-5H3,(H,14,15). The molecule has 0 aliphatic rings. The molecule has 5 heteroatoms. The number of rotatable bonds is 4. The molecule has 0 aliphatic heterocycles. The van der Waals surface area contributed by atoms with Crippen molar-refractivity contribution in [3.63, 3.8) is 0 Å². The van der Waals surface area contributed by atoms with E-state index in [0.29, 0.717) is 0 Å². The Labute approximate surface area is 90.2 Å². The van der Waals surface area contributed by atoms with E-state index in [-0.39, 0.29) is 17.9 Å². The molecule has 88 valence electrons. The molecule has 0 radical (unpaired) electrons. The molecule has 0 spiro atoms. The largest absolute Gasteiger partial charge is 0.480 e. The molecule has 0 fully saturated rings. The molecule has 0 bridgehead atoms. The van der Waals surface area contributed by atoms with E-state index in [4.69, 9.17) is 10.8 Å². The van der Waals surface area contributed by atoms with E-state index >= 15 is 0 Å². The maximum Gasteiger partial charge on any atom is 0.329 e. The zero-order valence-electron chi connectivity index (χ0n) is 9.94. The van der Waals surface area contributed by atoms with Crippen molar-refractivity contribution < 1.29 is 14.7 Å². The molecule has 0 saturated carbocycles. The first-order valence-electron chi connectivity index (χ1n) is 4.89. The number of hydrogen-bond acceptors (Lipinski definition) is 3. The molecule has 0 rings (SSSR count). The Morgan fingerprint density at radius 1 is 1.33 bits per heavy atom. The predicted molar refractivity (Wildman–Crippen MR) is 57.3 cm³/mol. The molecule has 2 unspecified atom stereocenters. The molecular formula is C10H20N2O3. The summed E-state index contributed by atoms with van der Waals surface area (Å²) in [5.74, 6) is -1.67. The van der Waals surface area contributed by atoms with Crippen LogP contribution in [0.3, 0.4) is 0 Å². The summed E-state index contributed by atoms with van der Waals surface area (Å²) in [7, 11) is 1.48. The Balaban J connectivity index is 4.79. The van der Waals surface area contributed by atoms with Crippen molar-refractivity contribution in [3.8, 4) is 0 Å². The zero-order valence-corrected chi connectivity index (χ0v) is 9.94. The van der Waals surface area contributed by atoms with E-state index in [1.165, 1.54) is 25.8 Å². The lowest BCUT2D eigenvalue weighted by Crippen LogP contribution is -2.54. The molecular weight excluding hydrogens is 196 g/mol. The van der Waals surface area contributed by atoms with E-state index in [1.54, 1.807) is 13.8 Å². The van der Waals surface area contributed by atoms with Crippen LogP contribution in [0.25, 0.3) is 0 Å². The number of carboxylic acid groups (broad SMARTS) is 1. The van der Waals surface area contributed by atoms with E-state index in [2.05, 4.69) is 0 Å². The van der Waals surface area contributed by atoms with Crippen LogP contribution < -0.4 is 5.73 Å². The third-order valence-corrected chi connectivity index (χ3v) is 2.87. The highest BCUT2D eigenvalue weighted by atomic mass is 16.4. The number of amides is 1. The summed E-state index contributed by atoms with van der Waals surface area (Å²) in [6, 6.07) is -0.287. The average Bonchev–Trinajstić information content (AvgIpc) is 2.13. The number of carbonyl (C=O) groups is 2. The van der Waals surface area contributed by atoms with Gasteiger partial charge < -0.3 is 15.7 Å². The Kier molecular flexibility index (Phi) is 4.27. The SMILES string of the molecule is CC(N)C(C)C(=O)N(C)C(C)(C)C(=O)O. The first-order valence-corrected chi connectivity index (χ1v) is 4.89. The average molecular weight is 216 g/mol. The number of hydrogen-bond donors (Lipinski definition) is 2. The highest BCUT2D eigenvalue weighted by Gasteiger charge is 2.37. The van der Waals surface area contributed by atoms with E-state index < -0.39 is 11.5 Å². The Morgan fingerprint density at radius 2 is 1.73 bits per heavy atom. The van der Waals surface area contributed by atoms with Gasteiger partial charge in [-0.2, -0.15) is 0 Å². The van der Waals surface area contributed by atoms with Gasteiger partial charge in [0, 0.05) is 13.1 Å². The second-order valence-electron chi connectivity index (χ2n) is 4.41. The van der Waals surface area contributed by atoms with Gasteiger partial charge in [-0.05, 0) is 20.8 Å². The van der Waals surface area contributed by atoms with Crippen LogP contribution in [0, 0.1) is 5.92 Å². The van der Waals surface area contributed by atoms with Crippen molar-refractivity contribution in [1.82, 2.24) is 4.90 Å². The minimum Gasteiger partial charge on any atom is -0.480 e. The van der Waals surface area contributed by atoms with Crippen molar-refractivity contribution in [2.24, 2.45) is 11.7 Å². The lowest BCUT2D eigenvalue weighted by atomic mass is 9.98. The first-order chi connectivity index (χ1) is 6.62. The zero-order chi connectivity index (χ0) is 12.4. The summed E-state index contributed by atoms with van der Waals surface area (Å²) >= 11 is 0. The maximum absolute atomic E-state index is 11.8. The fraction of sp³-hybridized carbons (Fsp3) is 0.800. The van der Waals surface area contributed by atoms with Gasteiger partial charge >= 0.3 is 5.97 Å². The molecule has 2 atom stereocenters. The third-order valence-electron chi connectivity index (χ3n) is 2.87. The fourth-order valence-corrected chi connectivity index (χ4v) is 0.949. The third kappa shape index (κ3) is 2.92. The van der Waals surface area contributed by atoms with Crippen LogP contribution >= 0.6 is 0 Å². The van der Waals surface area contributed by atoms with Gasteiger partial charge in [-0.3, -0.25) is 4.79 Å². The Morgan fingerprint density at radius 3 is 2.00 bits per heavy atom. The molecule has 0 aromatic carbocycles. The first kappa shape index (κ1) is 13.9. The van der Waals surface area contributed by atoms with Crippen LogP contribution in [0.2, 0.25) is 0 Å². The van der Waals surface area contributed by atoms with Crippen LogP contribution in [0.5, 0.6) is 0 Å². The number of nitrogens with two attached hydrogens (primary N) is 1. The molecule has 15 heavy (non-hydrogen) atoms. The summed E-state index contributed by atoms with van der Waals surface area (Å²) in [6.07, 6.45) is 0. The molecule has 0 aromatic rings. The summed E-state index contributed by atoms with van der Waals surface area (Å²) in [6.45, 7) is 6.40. The highest BCUT2D eigenvalue weighted by molar-refractivity contribution is 5.87. The van der Waals surface area contributed by atoms with E-state index in [0.717, 1.165) is 0 Å². The Bertz CT molecular complexity index is 261. The quantitative estimate of drug-likeness (QED) is 0.707. The molecule has 1 amide bonds. The summed E-state index contributed by atoms with van der Waals surface area (Å²) < 4.78 is 0. The monoisotopic (exact) mass is 216 g/mol. The van der Waals surface area contributed by atoms with Crippen LogP contribution in [0.4, 0.5) is 0 Å². The van der Waals surface area contributed by atoms with Gasteiger partial charge in [-0.15, -0.1) is 0 Å². The summed E-state index contributed by atoms with van der Waals surface area (Å²) in [5.41, 5.74) is 4.39. The number of nitrogens with zero attached hydrogens (tertiary/aromatic N) is 1. The number of carboxylic acids is 1. The van der Waals surface area contributed by atoms with Gasteiger partial charge in [0.15, 0.2) is 0 Å². The van der Waals surface area contributed by atoms with Crippen molar-refractivity contribution in [2.75, 3.05) is 7.05 Å². The molecule has 3 N–H and O–H groups in total. The van der Waals surface area contributed by atoms with Crippen molar-refractivity contribution in [2.45, 2.75) is 39.3 Å². The Hall–Kier alpha value is -1.10. The van der Waals surface area contributed by atoms with Crippen LogP contribution in [0.15, 0.2) is 0 Å². The second kappa shape index (κ2) is 4.61.